The lowest BCUT2D eigenvalue weighted by Crippen LogP contribution is -2.29. The molecule has 2 heterocycles. The number of hydrogen-bond donors (Lipinski definition) is 1. The molecule has 0 fully saturated rings. The summed E-state index contributed by atoms with van der Waals surface area (Å²) in [5, 5.41) is 0. The molecule has 0 radical (unpaired) electrons. The van der Waals surface area contributed by atoms with Gasteiger partial charge in [0.25, 0.3) is 0 Å². The van der Waals surface area contributed by atoms with Gasteiger partial charge in [-0.15, -0.1) is 0 Å². The van der Waals surface area contributed by atoms with Crippen LogP contribution in [0.2, 0.25) is 0 Å². The summed E-state index contributed by atoms with van der Waals surface area (Å²) < 4.78 is 11.1. The summed E-state index contributed by atoms with van der Waals surface area (Å²) in [6.45, 7) is 3.32. The molecule has 4 heteroatoms. The highest BCUT2D eigenvalue weighted by molar-refractivity contribution is 5.12. The highest BCUT2D eigenvalue weighted by Crippen LogP contribution is 2.22. The molecular weight excluding hydrogens is 228 g/mol. The molecule has 2 aromatic heterocycles. The van der Waals surface area contributed by atoms with E-state index in [1.807, 2.05) is 31.3 Å². The van der Waals surface area contributed by atoms with Crippen LogP contribution in [0, 0.1) is 0 Å². The topological polar surface area (TPSA) is 55.5 Å². The van der Waals surface area contributed by atoms with E-state index in [2.05, 4.69) is 11.8 Å². The lowest BCUT2D eigenvalue weighted by molar-refractivity contribution is 0.196. The van der Waals surface area contributed by atoms with Gasteiger partial charge in [-0.05, 0) is 31.3 Å². The maximum atomic E-state index is 5.85. The summed E-state index contributed by atoms with van der Waals surface area (Å²) in [5.74, 6) is 2.84. The van der Waals surface area contributed by atoms with E-state index in [1.165, 1.54) is 0 Å². The Morgan fingerprint density at radius 3 is 2.67 bits per heavy atom. The Morgan fingerprint density at radius 1 is 1.28 bits per heavy atom. The minimum atomic E-state index is 0.0791. The quantitative estimate of drug-likeness (QED) is 0.853. The smallest absolute Gasteiger partial charge is 0.122 e. The van der Waals surface area contributed by atoms with Gasteiger partial charge in [0.2, 0.25) is 0 Å². The van der Waals surface area contributed by atoms with E-state index >= 15 is 0 Å². The number of furan rings is 2. The first-order chi connectivity index (χ1) is 8.74. The van der Waals surface area contributed by atoms with Gasteiger partial charge in [-0.1, -0.05) is 6.92 Å². The second kappa shape index (κ2) is 5.89. The van der Waals surface area contributed by atoms with Crippen molar-refractivity contribution in [1.29, 1.82) is 0 Å². The van der Waals surface area contributed by atoms with Crippen LogP contribution < -0.4 is 5.73 Å². The summed E-state index contributed by atoms with van der Waals surface area (Å²) in [4.78, 5) is 2.14. The number of aryl methyl sites for hydroxylation is 1. The zero-order valence-electron chi connectivity index (χ0n) is 10.9. The van der Waals surface area contributed by atoms with Crippen LogP contribution in [0.1, 0.15) is 30.2 Å². The van der Waals surface area contributed by atoms with Crippen molar-refractivity contribution in [1.82, 2.24) is 4.90 Å². The minimum Gasteiger partial charge on any atom is -0.468 e. The van der Waals surface area contributed by atoms with E-state index in [1.54, 1.807) is 6.26 Å². The summed E-state index contributed by atoms with van der Waals surface area (Å²) in [5.41, 5.74) is 5.85. The Kier molecular flexibility index (Phi) is 4.23. The molecule has 2 rings (SSSR count). The third kappa shape index (κ3) is 2.83. The third-order valence-corrected chi connectivity index (χ3v) is 3.10. The molecule has 4 nitrogen and oxygen atoms in total. The molecule has 0 saturated carbocycles. The minimum absolute atomic E-state index is 0.0791. The lowest BCUT2D eigenvalue weighted by Gasteiger charge is -2.24. The van der Waals surface area contributed by atoms with Gasteiger partial charge in [-0.3, -0.25) is 4.90 Å². The number of likely N-dealkylation sites (N-methyl/N-ethyl adjacent to an activating group) is 1. The Labute approximate surface area is 107 Å². The van der Waals surface area contributed by atoms with E-state index in [0.717, 1.165) is 30.2 Å². The fraction of sp³-hybridized carbons (Fsp3) is 0.429. The van der Waals surface area contributed by atoms with Crippen molar-refractivity contribution in [3.8, 4) is 0 Å². The maximum absolute atomic E-state index is 5.85. The van der Waals surface area contributed by atoms with Crippen LogP contribution in [0.4, 0.5) is 0 Å². The Morgan fingerprint density at radius 2 is 2.11 bits per heavy atom. The van der Waals surface area contributed by atoms with Crippen LogP contribution in [0.5, 0.6) is 0 Å². The average molecular weight is 248 g/mol. The molecule has 0 aliphatic heterocycles. The van der Waals surface area contributed by atoms with E-state index in [9.17, 15) is 0 Å². The van der Waals surface area contributed by atoms with Crippen LogP contribution in [0.3, 0.4) is 0 Å². The summed E-state index contributed by atoms with van der Waals surface area (Å²) in [6.07, 6.45) is 2.59. The Hall–Kier alpha value is -1.52. The first-order valence-corrected chi connectivity index (χ1v) is 6.26. The van der Waals surface area contributed by atoms with Gasteiger partial charge < -0.3 is 14.6 Å². The van der Waals surface area contributed by atoms with E-state index < -0.39 is 0 Å². The van der Waals surface area contributed by atoms with Crippen LogP contribution in [-0.4, -0.2) is 18.5 Å². The van der Waals surface area contributed by atoms with Crippen LogP contribution >= 0.6 is 0 Å². The molecular formula is C14H20N2O2. The zero-order chi connectivity index (χ0) is 13.0. The number of rotatable bonds is 6. The summed E-state index contributed by atoms with van der Waals surface area (Å²) in [6, 6.07) is 7.95. The SMILES string of the molecule is CCc1ccc(C(CN)N(C)Cc2ccco2)o1. The number of nitrogens with zero attached hydrogens (tertiary/aromatic N) is 1. The largest absolute Gasteiger partial charge is 0.468 e. The maximum Gasteiger partial charge on any atom is 0.122 e. The van der Waals surface area contributed by atoms with E-state index in [-0.39, 0.29) is 6.04 Å². The molecule has 0 saturated heterocycles. The number of hydrogen-bond acceptors (Lipinski definition) is 4. The molecule has 0 bridgehead atoms. The van der Waals surface area contributed by atoms with E-state index in [4.69, 9.17) is 14.6 Å². The molecule has 18 heavy (non-hydrogen) atoms. The van der Waals surface area contributed by atoms with Gasteiger partial charge in [-0.25, -0.2) is 0 Å². The predicted molar refractivity (Wildman–Crippen MR) is 70.1 cm³/mol. The van der Waals surface area contributed by atoms with Crippen molar-refractivity contribution in [2.75, 3.05) is 13.6 Å². The lowest BCUT2D eigenvalue weighted by atomic mass is 10.2. The monoisotopic (exact) mass is 248 g/mol. The molecule has 0 aliphatic carbocycles. The van der Waals surface area contributed by atoms with Crippen LogP contribution in [0.25, 0.3) is 0 Å². The average Bonchev–Trinajstić information content (AvgIpc) is 3.01. The fourth-order valence-corrected chi connectivity index (χ4v) is 2.04. The van der Waals surface area contributed by atoms with Crippen molar-refractivity contribution < 1.29 is 8.83 Å². The van der Waals surface area contributed by atoms with Gasteiger partial charge in [-0.2, -0.15) is 0 Å². The van der Waals surface area contributed by atoms with Crippen LogP contribution in [-0.2, 0) is 13.0 Å². The van der Waals surface area contributed by atoms with Gasteiger partial charge in [0, 0.05) is 13.0 Å². The van der Waals surface area contributed by atoms with Crippen molar-refractivity contribution in [3.63, 3.8) is 0 Å². The molecule has 98 valence electrons. The van der Waals surface area contributed by atoms with Gasteiger partial charge in [0.1, 0.15) is 17.3 Å². The summed E-state index contributed by atoms with van der Waals surface area (Å²) >= 11 is 0. The van der Waals surface area contributed by atoms with Crippen molar-refractivity contribution in [3.05, 3.63) is 47.8 Å². The normalized spacial score (nSPS) is 13.1. The van der Waals surface area contributed by atoms with Crippen LogP contribution in [0.15, 0.2) is 39.4 Å². The third-order valence-electron chi connectivity index (χ3n) is 3.10. The van der Waals surface area contributed by atoms with Crippen molar-refractivity contribution in [2.45, 2.75) is 25.9 Å². The zero-order valence-corrected chi connectivity index (χ0v) is 10.9. The standard InChI is InChI=1S/C14H20N2O2/c1-3-11-6-7-14(18-11)13(9-15)16(2)10-12-5-4-8-17-12/h4-8,13H,3,9-10,15H2,1-2H3. The predicted octanol–water partition coefficient (Wildman–Crippen LogP) is 2.57. The summed E-state index contributed by atoms with van der Waals surface area (Å²) in [7, 11) is 2.02. The second-order valence-electron chi connectivity index (χ2n) is 4.40. The molecule has 1 unspecified atom stereocenters. The molecule has 2 N–H and O–H groups in total. The highest BCUT2D eigenvalue weighted by Gasteiger charge is 2.19. The molecule has 0 amide bonds. The van der Waals surface area contributed by atoms with Gasteiger partial charge in [0.15, 0.2) is 0 Å². The Balaban J connectivity index is 2.07. The first-order valence-electron chi connectivity index (χ1n) is 6.26. The highest BCUT2D eigenvalue weighted by atomic mass is 16.3. The molecule has 0 aliphatic rings. The van der Waals surface area contributed by atoms with Crippen molar-refractivity contribution in [2.24, 2.45) is 5.73 Å². The fourth-order valence-electron chi connectivity index (χ4n) is 2.04. The molecule has 0 spiro atoms. The van der Waals surface area contributed by atoms with Gasteiger partial charge in [0.05, 0.1) is 18.8 Å². The molecule has 0 aromatic carbocycles. The van der Waals surface area contributed by atoms with E-state index in [0.29, 0.717) is 6.54 Å². The second-order valence-corrected chi connectivity index (χ2v) is 4.40. The van der Waals surface area contributed by atoms with Crippen molar-refractivity contribution >= 4 is 0 Å². The molecule has 2 aromatic rings. The number of nitrogens with two attached hydrogens (primary N) is 1. The Bertz CT molecular complexity index is 462. The van der Waals surface area contributed by atoms with Gasteiger partial charge >= 0.3 is 0 Å². The first kappa shape index (κ1) is 12.9. The molecule has 1 atom stereocenters.